The average Bonchev–Trinajstić information content (AvgIpc) is 2.50. The highest BCUT2D eigenvalue weighted by Gasteiger charge is 2.09. The highest BCUT2D eigenvalue weighted by atomic mass is 32.1. The van der Waals surface area contributed by atoms with Gasteiger partial charge in [0.2, 0.25) is 11.1 Å². The van der Waals surface area contributed by atoms with E-state index in [1.165, 1.54) is 18.0 Å². The number of nitrogens with two attached hydrogens (primary N) is 1. The van der Waals surface area contributed by atoms with Crippen LogP contribution in [0.1, 0.15) is 33.6 Å². The summed E-state index contributed by atoms with van der Waals surface area (Å²) in [6.07, 6.45) is 2.36. The van der Waals surface area contributed by atoms with Crippen molar-refractivity contribution in [2.75, 3.05) is 11.1 Å². The van der Waals surface area contributed by atoms with E-state index in [2.05, 4.69) is 35.4 Å². The molecule has 2 atom stereocenters. The van der Waals surface area contributed by atoms with Crippen molar-refractivity contribution in [2.45, 2.75) is 39.7 Å². The highest BCUT2D eigenvalue weighted by Crippen LogP contribution is 2.17. The van der Waals surface area contributed by atoms with Crippen molar-refractivity contribution in [2.24, 2.45) is 5.92 Å². The lowest BCUT2D eigenvalue weighted by atomic mass is 10.0. The zero-order valence-electron chi connectivity index (χ0n) is 8.95. The largest absolute Gasteiger partial charge is 0.367 e. The first-order valence-corrected chi connectivity index (χ1v) is 5.74. The number of nitrogen functional groups attached to an aromatic ring is 1. The van der Waals surface area contributed by atoms with Crippen LogP contribution in [-0.4, -0.2) is 15.4 Å². The molecule has 0 saturated carbocycles. The minimum Gasteiger partial charge on any atom is -0.367 e. The predicted molar refractivity (Wildman–Crippen MR) is 61.5 cm³/mol. The third kappa shape index (κ3) is 3.49. The molecule has 2 unspecified atom stereocenters. The molecule has 0 spiro atoms. The van der Waals surface area contributed by atoms with Gasteiger partial charge in [0.15, 0.2) is 0 Å². The SMILES string of the molecule is CCC(C)CC(C)Nc1nc(N)ns1. The topological polar surface area (TPSA) is 63.8 Å². The number of nitrogens with one attached hydrogen (secondary N) is 1. The minimum atomic E-state index is 0.355. The van der Waals surface area contributed by atoms with Gasteiger partial charge in [0.25, 0.3) is 0 Å². The van der Waals surface area contributed by atoms with Crippen LogP contribution >= 0.6 is 11.5 Å². The summed E-state index contributed by atoms with van der Waals surface area (Å²) in [5.74, 6) is 1.09. The summed E-state index contributed by atoms with van der Waals surface area (Å²) in [5.41, 5.74) is 5.43. The monoisotopic (exact) mass is 214 g/mol. The van der Waals surface area contributed by atoms with Gasteiger partial charge in [-0.25, -0.2) is 0 Å². The lowest BCUT2D eigenvalue weighted by molar-refractivity contribution is 0.484. The van der Waals surface area contributed by atoms with Crippen LogP contribution < -0.4 is 11.1 Å². The molecule has 3 N–H and O–H groups in total. The first kappa shape index (κ1) is 11.2. The predicted octanol–water partition coefficient (Wildman–Crippen LogP) is 2.36. The number of nitrogens with zero attached hydrogens (tertiary/aromatic N) is 2. The Balaban J connectivity index is 2.37. The van der Waals surface area contributed by atoms with E-state index in [0.29, 0.717) is 12.0 Å². The Hall–Kier alpha value is -0.840. The van der Waals surface area contributed by atoms with Crippen LogP contribution in [0.15, 0.2) is 0 Å². The van der Waals surface area contributed by atoms with Gasteiger partial charge < -0.3 is 11.1 Å². The van der Waals surface area contributed by atoms with E-state index >= 15 is 0 Å². The van der Waals surface area contributed by atoms with Gasteiger partial charge in [-0.1, -0.05) is 20.3 Å². The highest BCUT2D eigenvalue weighted by molar-refractivity contribution is 7.09. The van der Waals surface area contributed by atoms with Crippen molar-refractivity contribution in [3.63, 3.8) is 0 Å². The average molecular weight is 214 g/mol. The maximum atomic E-state index is 5.43. The third-order valence-corrected chi connectivity index (χ3v) is 2.92. The summed E-state index contributed by atoms with van der Waals surface area (Å²) in [7, 11) is 0. The van der Waals surface area contributed by atoms with Crippen molar-refractivity contribution in [3.8, 4) is 0 Å². The van der Waals surface area contributed by atoms with E-state index in [0.717, 1.165) is 17.5 Å². The van der Waals surface area contributed by atoms with Crippen LogP contribution in [0.25, 0.3) is 0 Å². The Kier molecular flexibility index (Phi) is 4.13. The van der Waals surface area contributed by atoms with Gasteiger partial charge in [-0.15, -0.1) is 0 Å². The second kappa shape index (κ2) is 5.14. The fraction of sp³-hybridized carbons (Fsp3) is 0.778. The van der Waals surface area contributed by atoms with Crippen LogP contribution in [-0.2, 0) is 0 Å². The van der Waals surface area contributed by atoms with Gasteiger partial charge in [-0.05, 0) is 19.3 Å². The number of rotatable bonds is 5. The second-order valence-corrected chi connectivity index (χ2v) is 4.50. The van der Waals surface area contributed by atoms with Crippen molar-refractivity contribution in [3.05, 3.63) is 0 Å². The van der Waals surface area contributed by atoms with Gasteiger partial charge in [0, 0.05) is 17.6 Å². The van der Waals surface area contributed by atoms with Gasteiger partial charge in [0.1, 0.15) is 0 Å². The number of hydrogen-bond acceptors (Lipinski definition) is 5. The van der Waals surface area contributed by atoms with Gasteiger partial charge in [0.05, 0.1) is 0 Å². The number of aromatic nitrogens is 2. The van der Waals surface area contributed by atoms with E-state index in [9.17, 15) is 0 Å². The van der Waals surface area contributed by atoms with Crippen molar-refractivity contribution >= 4 is 22.6 Å². The molecule has 0 saturated heterocycles. The number of hydrogen-bond donors (Lipinski definition) is 2. The standard InChI is InChI=1S/C9H18N4S/c1-4-6(2)5-7(3)11-9-12-8(10)13-14-9/h6-7H,4-5H2,1-3H3,(H3,10,11,12,13). The molecule has 0 radical (unpaired) electrons. The Labute approximate surface area is 89.1 Å². The Morgan fingerprint density at radius 2 is 2.21 bits per heavy atom. The Morgan fingerprint density at radius 1 is 1.50 bits per heavy atom. The maximum Gasteiger partial charge on any atom is 0.233 e. The van der Waals surface area contributed by atoms with Crippen LogP contribution in [0.2, 0.25) is 0 Å². The zero-order chi connectivity index (χ0) is 10.6. The molecule has 0 bridgehead atoms. The van der Waals surface area contributed by atoms with Crippen LogP contribution in [0.4, 0.5) is 11.1 Å². The van der Waals surface area contributed by atoms with E-state index in [1.54, 1.807) is 0 Å². The molecule has 4 nitrogen and oxygen atoms in total. The summed E-state index contributed by atoms with van der Waals surface area (Å²) < 4.78 is 3.91. The zero-order valence-corrected chi connectivity index (χ0v) is 9.77. The molecular weight excluding hydrogens is 196 g/mol. The first-order chi connectivity index (χ1) is 6.61. The molecule has 80 valence electrons. The molecular formula is C9H18N4S. The number of anilines is 2. The van der Waals surface area contributed by atoms with Gasteiger partial charge in [-0.2, -0.15) is 9.36 Å². The molecule has 0 aliphatic rings. The van der Waals surface area contributed by atoms with E-state index in [1.807, 2.05) is 0 Å². The van der Waals surface area contributed by atoms with E-state index in [4.69, 9.17) is 5.73 Å². The maximum absolute atomic E-state index is 5.43. The van der Waals surface area contributed by atoms with Crippen molar-refractivity contribution in [1.82, 2.24) is 9.36 Å². The molecule has 1 heterocycles. The summed E-state index contributed by atoms with van der Waals surface area (Å²) in [6, 6.07) is 0.428. The Bertz CT molecular complexity index is 274. The third-order valence-electron chi connectivity index (χ3n) is 2.26. The van der Waals surface area contributed by atoms with E-state index < -0.39 is 0 Å². The molecule has 5 heteroatoms. The lowest BCUT2D eigenvalue weighted by Gasteiger charge is -2.16. The summed E-state index contributed by atoms with van der Waals surface area (Å²) in [4.78, 5) is 4.06. The van der Waals surface area contributed by atoms with Crippen LogP contribution in [0.3, 0.4) is 0 Å². The molecule has 0 aliphatic heterocycles. The van der Waals surface area contributed by atoms with Gasteiger partial charge in [-0.3, -0.25) is 0 Å². The molecule has 14 heavy (non-hydrogen) atoms. The summed E-state index contributed by atoms with van der Waals surface area (Å²) >= 11 is 1.32. The molecule has 0 aliphatic carbocycles. The fourth-order valence-corrected chi connectivity index (χ4v) is 1.94. The first-order valence-electron chi connectivity index (χ1n) is 4.97. The second-order valence-electron chi connectivity index (χ2n) is 3.75. The summed E-state index contributed by atoms with van der Waals surface area (Å²) in [6.45, 7) is 6.62. The molecule has 0 fully saturated rings. The lowest BCUT2D eigenvalue weighted by Crippen LogP contribution is -2.18. The van der Waals surface area contributed by atoms with Gasteiger partial charge >= 0.3 is 0 Å². The quantitative estimate of drug-likeness (QED) is 0.789. The Morgan fingerprint density at radius 3 is 2.71 bits per heavy atom. The molecule has 1 aromatic rings. The van der Waals surface area contributed by atoms with Crippen LogP contribution in [0.5, 0.6) is 0 Å². The molecule has 0 aromatic carbocycles. The van der Waals surface area contributed by atoms with Crippen molar-refractivity contribution < 1.29 is 0 Å². The molecule has 1 aromatic heterocycles. The van der Waals surface area contributed by atoms with E-state index in [-0.39, 0.29) is 0 Å². The fourth-order valence-electron chi connectivity index (χ4n) is 1.33. The molecule has 0 amide bonds. The van der Waals surface area contributed by atoms with Crippen LogP contribution in [0, 0.1) is 5.92 Å². The summed E-state index contributed by atoms with van der Waals surface area (Å²) in [5, 5.41) is 4.11. The smallest absolute Gasteiger partial charge is 0.233 e. The normalized spacial score (nSPS) is 15.1. The molecule has 1 rings (SSSR count). The minimum absolute atomic E-state index is 0.355. The van der Waals surface area contributed by atoms with Crippen molar-refractivity contribution in [1.29, 1.82) is 0 Å².